The molecule has 0 aromatic heterocycles. The van der Waals surface area contributed by atoms with Crippen molar-refractivity contribution in [2.75, 3.05) is 0 Å². The Morgan fingerprint density at radius 2 is 1.37 bits per heavy atom. The Morgan fingerprint density at radius 3 is 1.77 bits per heavy atom. The Morgan fingerprint density at radius 1 is 0.833 bits per heavy atom. The number of hydrogen-bond donors (Lipinski definition) is 7. The topological polar surface area (TPSA) is 231 Å². The smallest absolute Gasteiger partial charge is 0.326 e. The molecule has 13 heteroatoms. The largest absolute Gasteiger partial charge is 0.481 e. The first kappa shape index (κ1) is 26.8. The monoisotopic (exact) mass is 431 g/mol. The van der Waals surface area contributed by atoms with Crippen LogP contribution in [0.25, 0.3) is 0 Å². The molecular weight excluding hydrogens is 402 g/mol. The Labute approximate surface area is 172 Å². The van der Waals surface area contributed by atoms with Crippen LogP contribution in [0.15, 0.2) is 0 Å². The van der Waals surface area contributed by atoms with Crippen molar-refractivity contribution in [2.24, 2.45) is 17.4 Å². The quantitative estimate of drug-likeness (QED) is 0.160. The van der Waals surface area contributed by atoms with Crippen LogP contribution in [0.2, 0.25) is 0 Å². The van der Waals surface area contributed by atoms with E-state index < -0.39 is 78.5 Å². The minimum Gasteiger partial charge on any atom is -0.481 e. The highest BCUT2D eigenvalue weighted by molar-refractivity contribution is 5.95. The molecule has 4 atom stereocenters. The van der Waals surface area contributed by atoms with Gasteiger partial charge in [0.1, 0.15) is 18.1 Å². The third-order valence-electron chi connectivity index (χ3n) is 3.96. The summed E-state index contributed by atoms with van der Waals surface area (Å²) >= 11 is 0. The molecule has 4 unspecified atom stereocenters. The van der Waals surface area contributed by atoms with Gasteiger partial charge in [0, 0.05) is 6.42 Å². The number of amides is 4. The summed E-state index contributed by atoms with van der Waals surface area (Å²) < 4.78 is 0. The summed E-state index contributed by atoms with van der Waals surface area (Å²) in [5.41, 5.74) is 10.4. The number of nitrogens with two attached hydrogens (primary N) is 2. The first-order valence-corrected chi connectivity index (χ1v) is 9.15. The first-order chi connectivity index (χ1) is 13.8. The molecule has 0 aromatic carbocycles. The molecule has 0 fully saturated rings. The molecule has 0 heterocycles. The van der Waals surface area contributed by atoms with Gasteiger partial charge in [-0.25, -0.2) is 4.79 Å². The lowest BCUT2D eigenvalue weighted by molar-refractivity contribution is -0.144. The van der Waals surface area contributed by atoms with Crippen molar-refractivity contribution in [1.29, 1.82) is 0 Å². The van der Waals surface area contributed by atoms with Gasteiger partial charge in [0.2, 0.25) is 23.6 Å². The Kier molecular flexibility index (Phi) is 11.0. The normalized spacial score (nSPS) is 14.7. The summed E-state index contributed by atoms with van der Waals surface area (Å²) in [5.74, 6) is -6.57. The van der Waals surface area contributed by atoms with Gasteiger partial charge in [-0.15, -0.1) is 0 Å². The molecule has 0 aliphatic rings. The fourth-order valence-electron chi connectivity index (χ4n) is 2.29. The average molecular weight is 431 g/mol. The van der Waals surface area contributed by atoms with E-state index in [1.54, 1.807) is 13.8 Å². The fourth-order valence-corrected chi connectivity index (χ4v) is 2.29. The van der Waals surface area contributed by atoms with Gasteiger partial charge >= 0.3 is 11.9 Å². The zero-order valence-electron chi connectivity index (χ0n) is 17.0. The van der Waals surface area contributed by atoms with E-state index in [4.69, 9.17) is 21.7 Å². The van der Waals surface area contributed by atoms with Crippen LogP contribution in [0.5, 0.6) is 0 Å². The molecule has 4 amide bonds. The fraction of sp³-hybridized carbons (Fsp3) is 0.647. The average Bonchev–Trinajstić information content (AvgIpc) is 2.60. The molecule has 0 aliphatic heterocycles. The third-order valence-corrected chi connectivity index (χ3v) is 3.96. The molecule has 0 saturated carbocycles. The van der Waals surface area contributed by atoms with Gasteiger partial charge in [0.05, 0.1) is 12.5 Å². The van der Waals surface area contributed by atoms with E-state index in [0.29, 0.717) is 0 Å². The summed E-state index contributed by atoms with van der Waals surface area (Å²) in [6.07, 6.45) is -1.34. The van der Waals surface area contributed by atoms with E-state index in [-0.39, 0.29) is 6.42 Å². The second kappa shape index (κ2) is 12.4. The highest BCUT2D eigenvalue weighted by Gasteiger charge is 2.32. The number of carbonyl (C=O) groups excluding carboxylic acids is 4. The van der Waals surface area contributed by atoms with E-state index in [9.17, 15) is 28.8 Å². The number of carboxylic acids is 2. The molecule has 0 saturated heterocycles. The number of rotatable bonds is 13. The number of hydrogen-bond acceptors (Lipinski definition) is 7. The molecule has 0 aromatic rings. The van der Waals surface area contributed by atoms with Crippen LogP contribution in [-0.4, -0.2) is 69.9 Å². The van der Waals surface area contributed by atoms with Gasteiger partial charge < -0.3 is 37.6 Å². The predicted octanol–water partition coefficient (Wildman–Crippen LogP) is -2.73. The van der Waals surface area contributed by atoms with Crippen molar-refractivity contribution in [3.05, 3.63) is 0 Å². The number of carbonyl (C=O) groups is 6. The zero-order valence-corrected chi connectivity index (χ0v) is 17.0. The Hall–Kier alpha value is -3.22. The molecule has 0 spiro atoms. The minimum atomic E-state index is -1.59. The van der Waals surface area contributed by atoms with Gasteiger partial charge in [-0.1, -0.05) is 13.8 Å². The SMILES string of the molecule is CC(N)C(=O)NC(CCC(=O)O)C(=O)NC(C(=O)NC(CC(N)=O)C(=O)O)C(C)C. The van der Waals surface area contributed by atoms with Crippen LogP contribution >= 0.6 is 0 Å². The van der Waals surface area contributed by atoms with Gasteiger partial charge in [0.25, 0.3) is 0 Å². The van der Waals surface area contributed by atoms with Crippen molar-refractivity contribution in [2.45, 2.75) is 64.2 Å². The maximum Gasteiger partial charge on any atom is 0.326 e. The van der Waals surface area contributed by atoms with Crippen LogP contribution in [0.3, 0.4) is 0 Å². The van der Waals surface area contributed by atoms with E-state index in [1.807, 2.05) is 0 Å². The van der Waals surface area contributed by atoms with Gasteiger partial charge in [-0.3, -0.25) is 24.0 Å². The van der Waals surface area contributed by atoms with E-state index >= 15 is 0 Å². The molecule has 30 heavy (non-hydrogen) atoms. The maximum absolute atomic E-state index is 12.6. The first-order valence-electron chi connectivity index (χ1n) is 9.15. The van der Waals surface area contributed by atoms with Crippen LogP contribution in [0.4, 0.5) is 0 Å². The van der Waals surface area contributed by atoms with E-state index in [2.05, 4.69) is 16.0 Å². The lowest BCUT2D eigenvalue weighted by Gasteiger charge is -2.26. The molecule has 0 bridgehead atoms. The van der Waals surface area contributed by atoms with Crippen molar-refractivity contribution in [1.82, 2.24) is 16.0 Å². The summed E-state index contributed by atoms with van der Waals surface area (Å²) in [6, 6.07) is -5.06. The summed E-state index contributed by atoms with van der Waals surface area (Å²) in [6.45, 7) is 4.51. The summed E-state index contributed by atoms with van der Waals surface area (Å²) in [7, 11) is 0. The maximum atomic E-state index is 12.6. The van der Waals surface area contributed by atoms with Gasteiger partial charge in [-0.2, -0.15) is 0 Å². The molecule has 0 radical (unpaired) electrons. The third kappa shape index (κ3) is 9.82. The standard InChI is InChI=1S/C17H29N5O8/c1-7(2)13(16(28)21-10(17(29)30)6-11(19)23)22-15(27)9(4-5-12(24)25)20-14(26)8(3)18/h7-10,13H,4-6,18H2,1-3H3,(H2,19,23)(H,20,26)(H,21,28)(H,22,27)(H,24,25)(H,29,30). The summed E-state index contributed by atoms with van der Waals surface area (Å²) in [5, 5.41) is 24.8. The molecule has 13 nitrogen and oxygen atoms in total. The van der Waals surface area contributed by atoms with E-state index in [1.165, 1.54) is 6.92 Å². The molecule has 9 N–H and O–H groups in total. The van der Waals surface area contributed by atoms with Gasteiger partial charge in [-0.05, 0) is 19.3 Å². The lowest BCUT2D eigenvalue weighted by Crippen LogP contribution is -2.58. The van der Waals surface area contributed by atoms with Crippen molar-refractivity contribution >= 4 is 35.6 Å². The Balaban J connectivity index is 5.40. The van der Waals surface area contributed by atoms with Crippen LogP contribution in [0.1, 0.15) is 40.0 Å². The van der Waals surface area contributed by atoms with Gasteiger partial charge in [0.15, 0.2) is 0 Å². The summed E-state index contributed by atoms with van der Waals surface area (Å²) in [4.78, 5) is 69.9. The van der Waals surface area contributed by atoms with Crippen LogP contribution in [-0.2, 0) is 28.8 Å². The van der Waals surface area contributed by atoms with Crippen LogP contribution in [0, 0.1) is 5.92 Å². The number of aliphatic carboxylic acids is 2. The lowest BCUT2D eigenvalue weighted by atomic mass is 10.0. The van der Waals surface area contributed by atoms with Crippen molar-refractivity contribution in [3.63, 3.8) is 0 Å². The number of primary amides is 1. The van der Waals surface area contributed by atoms with Crippen LogP contribution < -0.4 is 27.4 Å². The second-order valence-electron chi connectivity index (χ2n) is 7.08. The second-order valence-corrected chi connectivity index (χ2v) is 7.08. The molecule has 170 valence electrons. The predicted molar refractivity (Wildman–Crippen MR) is 103 cm³/mol. The van der Waals surface area contributed by atoms with Crippen molar-refractivity contribution in [3.8, 4) is 0 Å². The number of carboxylic acid groups (broad SMARTS) is 2. The molecule has 0 aliphatic carbocycles. The highest BCUT2D eigenvalue weighted by Crippen LogP contribution is 2.06. The van der Waals surface area contributed by atoms with E-state index in [0.717, 1.165) is 0 Å². The molecular formula is C17H29N5O8. The zero-order chi connectivity index (χ0) is 23.6. The molecule has 0 rings (SSSR count). The Bertz CT molecular complexity index is 679. The highest BCUT2D eigenvalue weighted by atomic mass is 16.4. The number of nitrogens with one attached hydrogen (secondary N) is 3. The van der Waals surface area contributed by atoms with Crippen molar-refractivity contribution < 1.29 is 39.0 Å². The minimum absolute atomic E-state index is 0.258.